The molecule has 328 valence electrons. The summed E-state index contributed by atoms with van der Waals surface area (Å²) in [6.07, 6.45) is -8.07. The highest BCUT2D eigenvalue weighted by atomic mass is 16.7. The van der Waals surface area contributed by atoms with E-state index in [1.54, 1.807) is 0 Å². The second kappa shape index (κ2) is 15.1. The van der Waals surface area contributed by atoms with Gasteiger partial charge in [0.25, 0.3) is 0 Å². The van der Waals surface area contributed by atoms with Crippen LogP contribution in [0.1, 0.15) is 86.0 Å². The van der Waals surface area contributed by atoms with Gasteiger partial charge in [-0.25, -0.2) is 0 Å². The van der Waals surface area contributed by atoms with Crippen molar-refractivity contribution in [1.82, 2.24) is 0 Å². The number of aliphatic hydroxyl groups is 8. The van der Waals surface area contributed by atoms with Gasteiger partial charge < -0.3 is 69.6 Å². The summed E-state index contributed by atoms with van der Waals surface area (Å²) < 4.78 is 28.5. The van der Waals surface area contributed by atoms with Crippen molar-refractivity contribution < 1.29 is 79.2 Å². The summed E-state index contributed by atoms with van der Waals surface area (Å²) in [7, 11) is 1.37. The van der Waals surface area contributed by atoms with Crippen molar-refractivity contribution in [2.45, 2.75) is 154 Å². The number of methoxy groups -OCH3 is 1. The Hall–Kier alpha value is -2.06. The number of rotatable bonds is 8. The van der Waals surface area contributed by atoms with Crippen LogP contribution in [-0.2, 0) is 33.3 Å². The van der Waals surface area contributed by atoms with E-state index in [2.05, 4.69) is 32.9 Å². The van der Waals surface area contributed by atoms with Crippen molar-refractivity contribution in [3.05, 3.63) is 23.3 Å². The third-order valence-corrected chi connectivity index (χ3v) is 16.8. The van der Waals surface area contributed by atoms with E-state index in [4.69, 9.17) is 23.7 Å². The van der Waals surface area contributed by atoms with Gasteiger partial charge in [0.15, 0.2) is 12.6 Å². The molecule has 3 saturated carbocycles. The van der Waals surface area contributed by atoms with Crippen molar-refractivity contribution in [3.63, 3.8) is 0 Å². The molecule has 0 aromatic rings. The van der Waals surface area contributed by atoms with Gasteiger partial charge in [-0.05, 0) is 97.5 Å². The van der Waals surface area contributed by atoms with Crippen molar-refractivity contribution in [3.8, 4) is 0 Å². The lowest BCUT2D eigenvalue weighted by Gasteiger charge is -2.70. The topological polar surface area (TPSA) is 262 Å². The summed E-state index contributed by atoms with van der Waals surface area (Å²) in [4.78, 5) is 26.2. The summed E-state index contributed by atoms with van der Waals surface area (Å²) in [6.45, 7) is 8.96. The first-order valence-corrected chi connectivity index (χ1v) is 20.7. The molecule has 0 amide bonds. The molecule has 2 saturated heterocycles. The average Bonchev–Trinajstić information content (AvgIpc) is 3.18. The van der Waals surface area contributed by atoms with Gasteiger partial charge in [0.2, 0.25) is 0 Å². The standard InChI is InChI=1S/C42H64O16/c1-37(36(53)54-6)11-13-42(35(51)52)14-12-40(4)20(21(42)15-37)7-8-26-38(2)16-22(45)32(39(3,19-44)25(38)9-10-41(26,40)5)58-33-30(49)28(47)24(18-55-33)57-34-31(50)29(48)27(46)23(17-43)56-34/h7-8,22-34,43-50H,9-19H2,1-6H3,(H,51,52)/t22-,23+,24+,25+,26+,27+,28-,29-,30+,31+,32-,33-,34-,37-,38-,39-,40+,41+,42-/m1/s1. The normalized spacial score (nSPS) is 52.8. The summed E-state index contributed by atoms with van der Waals surface area (Å²) in [5.41, 5.74) is -2.58. The molecule has 2 heterocycles. The third kappa shape index (κ3) is 6.22. The maximum atomic E-state index is 13.1. The maximum Gasteiger partial charge on any atom is 0.313 e. The Labute approximate surface area is 338 Å². The molecule has 7 aliphatic rings. The van der Waals surface area contributed by atoms with Crippen LogP contribution in [0.15, 0.2) is 23.3 Å². The molecule has 0 unspecified atom stereocenters. The summed E-state index contributed by atoms with van der Waals surface area (Å²) >= 11 is 0. The molecule has 0 bridgehead atoms. The van der Waals surface area contributed by atoms with Crippen LogP contribution in [0.5, 0.6) is 0 Å². The smallest absolute Gasteiger partial charge is 0.313 e. The minimum absolute atomic E-state index is 0.0962. The number of hydrogen-bond acceptors (Lipinski definition) is 15. The monoisotopic (exact) mass is 824 g/mol. The van der Waals surface area contributed by atoms with E-state index in [-0.39, 0.29) is 42.9 Å². The molecule has 5 fully saturated rings. The number of hydrogen-bond donors (Lipinski definition) is 9. The SMILES string of the molecule is COC(=O)[C@]1(C)CC[C@@]2(C(=O)O)CC[C@@]3(C)C(=C2C1)C=C[C@H]1[C@]2(C)C[C@@H](O)[C@@H](O[C@H]4OC[C@H](O[C@H]5O[C@@H](CO)[C@H](O)[C@@H](O)[C@@H]5O)[C@@H](O)[C@@H]4O)[C@](C)(CO)[C@H]2CC[C@@]13C. The van der Waals surface area contributed by atoms with E-state index in [1.165, 1.54) is 7.11 Å². The fraction of sp³-hybridized carbons (Fsp3) is 0.857. The van der Waals surface area contributed by atoms with Gasteiger partial charge in [-0.15, -0.1) is 0 Å². The largest absolute Gasteiger partial charge is 0.481 e. The Morgan fingerprint density at radius 1 is 0.845 bits per heavy atom. The van der Waals surface area contributed by atoms with Crippen molar-refractivity contribution in [2.75, 3.05) is 26.9 Å². The van der Waals surface area contributed by atoms with Crippen molar-refractivity contribution in [2.24, 2.45) is 44.3 Å². The van der Waals surface area contributed by atoms with Gasteiger partial charge in [0, 0.05) is 5.41 Å². The number of esters is 1. The van der Waals surface area contributed by atoms with Crippen LogP contribution in [0.3, 0.4) is 0 Å². The zero-order chi connectivity index (χ0) is 42.5. The molecule has 16 nitrogen and oxygen atoms in total. The molecule has 5 aliphatic carbocycles. The molecule has 19 atom stereocenters. The van der Waals surface area contributed by atoms with Crippen LogP contribution < -0.4 is 0 Å². The van der Waals surface area contributed by atoms with Gasteiger partial charge in [0.05, 0.1) is 50.0 Å². The first kappa shape index (κ1) is 44.0. The minimum Gasteiger partial charge on any atom is -0.481 e. The number of carboxylic acid groups (broad SMARTS) is 1. The van der Waals surface area contributed by atoms with E-state index < -0.39 is 107 Å². The Bertz CT molecular complexity index is 1670. The van der Waals surface area contributed by atoms with Gasteiger partial charge in [-0.3, -0.25) is 9.59 Å². The van der Waals surface area contributed by atoms with Gasteiger partial charge in [-0.2, -0.15) is 0 Å². The number of fused-ring (bicyclic) bond motifs is 6. The molecule has 16 heteroatoms. The molecule has 2 aliphatic heterocycles. The number of aliphatic carboxylic acids is 1. The number of allylic oxidation sites excluding steroid dienone is 3. The Kier molecular flexibility index (Phi) is 11.4. The second-order valence-electron chi connectivity index (χ2n) is 19.7. The molecule has 0 radical (unpaired) electrons. The lowest BCUT2D eigenvalue weighted by atomic mass is 9.35. The number of aliphatic hydroxyl groups excluding tert-OH is 8. The molecular formula is C42H64O16. The minimum atomic E-state index is -1.73. The second-order valence-corrected chi connectivity index (χ2v) is 19.7. The van der Waals surface area contributed by atoms with Crippen molar-refractivity contribution in [1.29, 1.82) is 0 Å². The Morgan fingerprint density at radius 3 is 2.16 bits per heavy atom. The Balaban J connectivity index is 1.14. The molecular weight excluding hydrogens is 760 g/mol. The van der Waals surface area contributed by atoms with Crippen LogP contribution in [0.2, 0.25) is 0 Å². The van der Waals surface area contributed by atoms with E-state index >= 15 is 0 Å². The summed E-state index contributed by atoms with van der Waals surface area (Å²) in [6, 6.07) is 0. The quantitative estimate of drug-likeness (QED) is 0.120. The number of carboxylic acids is 1. The zero-order valence-electron chi connectivity index (χ0n) is 34.3. The van der Waals surface area contributed by atoms with E-state index in [0.717, 1.165) is 17.6 Å². The van der Waals surface area contributed by atoms with Gasteiger partial charge >= 0.3 is 11.9 Å². The van der Waals surface area contributed by atoms with Crippen LogP contribution in [0.25, 0.3) is 0 Å². The van der Waals surface area contributed by atoms with Gasteiger partial charge in [0.1, 0.15) is 42.7 Å². The number of carbonyl (C=O) groups excluding carboxylic acids is 1. The van der Waals surface area contributed by atoms with Crippen molar-refractivity contribution >= 4 is 11.9 Å². The van der Waals surface area contributed by atoms with Gasteiger partial charge in [-0.1, -0.05) is 39.8 Å². The fourth-order valence-corrected chi connectivity index (χ4v) is 13.1. The molecule has 9 N–H and O–H groups in total. The average molecular weight is 825 g/mol. The molecule has 0 aromatic heterocycles. The van der Waals surface area contributed by atoms with Crippen LogP contribution in [0, 0.1) is 44.3 Å². The highest BCUT2D eigenvalue weighted by molar-refractivity contribution is 5.83. The number of carbonyl (C=O) groups is 2. The van der Waals surface area contributed by atoms with E-state index in [9.17, 15) is 55.5 Å². The zero-order valence-corrected chi connectivity index (χ0v) is 34.3. The lowest BCUT2D eigenvalue weighted by molar-refractivity contribution is -0.357. The molecule has 0 aromatic carbocycles. The maximum absolute atomic E-state index is 13.1. The lowest BCUT2D eigenvalue weighted by Crippen LogP contribution is -2.68. The predicted molar refractivity (Wildman–Crippen MR) is 201 cm³/mol. The van der Waals surface area contributed by atoms with Crippen LogP contribution in [0.4, 0.5) is 0 Å². The summed E-state index contributed by atoms with van der Waals surface area (Å²) in [5, 5.41) is 96.7. The molecule has 58 heavy (non-hydrogen) atoms. The molecule has 7 rings (SSSR count). The first-order valence-electron chi connectivity index (χ1n) is 20.7. The Morgan fingerprint density at radius 2 is 1.52 bits per heavy atom. The van der Waals surface area contributed by atoms with Crippen LogP contribution in [-0.4, -0.2) is 152 Å². The van der Waals surface area contributed by atoms with Crippen LogP contribution >= 0.6 is 0 Å². The van der Waals surface area contributed by atoms with E-state index in [0.29, 0.717) is 38.5 Å². The first-order chi connectivity index (χ1) is 27.1. The highest BCUT2D eigenvalue weighted by Crippen LogP contribution is 2.74. The third-order valence-electron chi connectivity index (χ3n) is 16.8. The fourth-order valence-electron chi connectivity index (χ4n) is 13.1. The summed E-state index contributed by atoms with van der Waals surface area (Å²) in [5.74, 6) is -1.49. The number of ether oxygens (including phenoxy) is 5. The predicted octanol–water partition coefficient (Wildman–Crippen LogP) is 0.538. The van der Waals surface area contributed by atoms with E-state index in [1.807, 2.05) is 13.8 Å². The molecule has 0 spiro atoms. The highest BCUT2D eigenvalue weighted by Gasteiger charge is 2.70.